The Hall–Kier alpha value is -1.52. The second-order valence-electron chi connectivity index (χ2n) is 2.97. The summed E-state index contributed by atoms with van der Waals surface area (Å²) in [6, 6.07) is 0. The SMILES string of the molecule is CCOC(=O)c1noc2c1CCCO2. The molecule has 0 saturated carbocycles. The zero-order valence-corrected chi connectivity index (χ0v) is 7.91. The van der Waals surface area contributed by atoms with Gasteiger partial charge in [0.15, 0.2) is 5.69 Å². The second kappa shape index (κ2) is 3.69. The molecule has 1 aliphatic rings. The number of hydrogen-bond acceptors (Lipinski definition) is 5. The minimum atomic E-state index is -0.442. The lowest BCUT2D eigenvalue weighted by Crippen LogP contribution is -2.12. The summed E-state index contributed by atoms with van der Waals surface area (Å²) in [5.41, 5.74) is 0.983. The highest BCUT2D eigenvalue weighted by Gasteiger charge is 2.26. The zero-order valence-electron chi connectivity index (χ0n) is 7.91. The zero-order chi connectivity index (χ0) is 9.97. The third-order valence-corrected chi connectivity index (χ3v) is 2.03. The van der Waals surface area contributed by atoms with Crippen molar-refractivity contribution in [1.82, 2.24) is 5.16 Å². The van der Waals surface area contributed by atoms with Gasteiger partial charge in [0.25, 0.3) is 0 Å². The molecule has 5 heteroatoms. The molecule has 1 aromatic heterocycles. The van der Waals surface area contributed by atoms with Crippen LogP contribution in [0.1, 0.15) is 29.4 Å². The van der Waals surface area contributed by atoms with E-state index in [2.05, 4.69) is 5.16 Å². The Labute approximate surface area is 81.0 Å². The van der Waals surface area contributed by atoms with Crippen molar-refractivity contribution >= 4 is 5.97 Å². The molecule has 14 heavy (non-hydrogen) atoms. The maximum Gasteiger partial charge on any atom is 0.360 e. The summed E-state index contributed by atoms with van der Waals surface area (Å²) in [4.78, 5) is 11.4. The van der Waals surface area contributed by atoms with Gasteiger partial charge in [-0.05, 0) is 19.8 Å². The third-order valence-electron chi connectivity index (χ3n) is 2.03. The highest BCUT2D eigenvalue weighted by Crippen LogP contribution is 2.27. The Kier molecular flexibility index (Phi) is 2.39. The molecule has 0 spiro atoms. The molecule has 0 saturated heterocycles. The van der Waals surface area contributed by atoms with Crippen LogP contribution in [0.15, 0.2) is 4.52 Å². The van der Waals surface area contributed by atoms with E-state index in [1.165, 1.54) is 0 Å². The lowest BCUT2D eigenvalue weighted by atomic mass is 10.1. The van der Waals surface area contributed by atoms with E-state index in [0.717, 1.165) is 18.4 Å². The fraction of sp³-hybridized carbons (Fsp3) is 0.556. The van der Waals surface area contributed by atoms with E-state index in [1.54, 1.807) is 6.92 Å². The average Bonchev–Trinajstić information content (AvgIpc) is 2.61. The van der Waals surface area contributed by atoms with Gasteiger partial charge in [-0.3, -0.25) is 0 Å². The molecular weight excluding hydrogens is 186 g/mol. The van der Waals surface area contributed by atoms with E-state index in [1.807, 2.05) is 0 Å². The molecule has 0 atom stereocenters. The lowest BCUT2D eigenvalue weighted by molar-refractivity contribution is 0.0513. The number of fused-ring (bicyclic) bond motifs is 1. The maximum absolute atomic E-state index is 11.4. The van der Waals surface area contributed by atoms with Gasteiger partial charge in [0, 0.05) is 0 Å². The Morgan fingerprint density at radius 2 is 2.50 bits per heavy atom. The van der Waals surface area contributed by atoms with Crippen molar-refractivity contribution in [1.29, 1.82) is 0 Å². The molecule has 0 unspecified atom stereocenters. The summed E-state index contributed by atoms with van der Waals surface area (Å²) in [6.07, 6.45) is 1.63. The van der Waals surface area contributed by atoms with Crippen LogP contribution in [-0.4, -0.2) is 24.3 Å². The van der Waals surface area contributed by atoms with Gasteiger partial charge in [-0.2, -0.15) is 0 Å². The number of aromatic nitrogens is 1. The quantitative estimate of drug-likeness (QED) is 0.666. The number of nitrogens with zero attached hydrogens (tertiary/aromatic N) is 1. The maximum atomic E-state index is 11.4. The Balaban J connectivity index is 2.25. The van der Waals surface area contributed by atoms with Crippen molar-refractivity contribution in [2.75, 3.05) is 13.2 Å². The van der Waals surface area contributed by atoms with Crippen molar-refractivity contribution in [2.24, 2.45) is 0 Å². The van der Waals surface area contributed by atoms with Gasteiger partial charge >= 0.3 is 11.9 Å². The lowest BCUT2D eigenvalue weighted by Gasteiger charge is -2.09. The van der Waals surface area contributed by atoms with Crippen LogP contribution in [0.2, 0.25) is 0 Å². The van der Waals surface area contributed by atoms with Gasteiger partial charge < -0.3 is 14.0 Å². The largest absolute Gasteiger partial charge is 0.464 e. The third kappa shape index (κ3) is 1.45. The van der Waals surface area contributed by atoms with Crippen molar-refractivity contribution in [2.45, 2.75) is 19.8 Å². The van der Waals surface area contributed by atoms with E-state index < -0.39 is 5.97 Å². The number of hydrogen-bond donors (Lipinski definition) is 0. The summed E-state index contributed by atoms with van der Waals surface area (Å²) in [5.74, 6) is -0.0812. The fourth-order valence-electron chi connectivity index (χ4n) is 1.40. The van der Waals surface area contributed by atoms with Crippen LogP contribution in [0.3, 0.4) is 0 Å². The average molecular weight is 197 g/mol. The highest BCUT2D eigenvalue weighted by molar-refractivity contribution is 5.89. The van der Waals surface area contributed by atoms with Crippen LogP contribution in [0.5, 0.6) is 5.95 Å². The first-order valence-electron chi connectivity index (χ1n) is 4.61. The van der Waals surface area contributed by atoms with Gasteiger partial charge in [-0.1, -0.05) is 5.16 Å². The predicted molar refractivity (Wildman–Crippen MR) is 46.3 cm³/mol. The fourth-order valence-corrected chi connectivity index (χ4v) is 1.40. The molecule has 5 nitrogen and oxygen atoms in total. The number of ether oxygens (including phenoxy) is 2. The molecule has 1 aliphatic heterocycles. The Morgan fingerprint density at radius 1 is 1.64 bits per heavy atom. The van der Waals surface area contributed by atoms with Gasteiger partial charge in [0.05, 0.1) is 18.8 Å². The topological polar surface area (TPSA) is 61.6 Å². The summed E-state index contributed by atoms with van der Waals surface area (Å²) in [6.45, 7) is 2.70. The molecule has 0 bridgehead atoms. The number of carbonyl (C=O) groups is 1. The van der Waals surface area contributed by atoms with E-state index in [-0.39, 0.29) is 5.69 Å². The molecule has 0 aliphatic carbocycles. The van der Waals surface area contributed by atoms with Gasteiger partial charge in [-0.15, -0.1) is 0 Å². The molecular formula is C9H11NO4. The van der Waals surface area contributed by atoms with Gasteiger partial charge in [0.1, 0.15) is 0 Å². The monoisotopic (exact) mass is 197 g/mol. The van der Waals surface area contributed by atoms with Crippen LogP contribution >= 0.6 is 0 Å². The summed E-state index contributed by atoms with van der Waals surface area (Å²) in [7, 11) is 0. The molecule has 1 aromatic rings. The molecule has 2 rings (SSSR count). The van der Waals surface area contributed by atoms with Crippen LogP contribution in [0.25, 0.3) is 0 Å². The van der Waals surface area contributed by atoms with Crippen molar-refractivity contribution in [3.63, 3.8) is 0 Å². The van der Waals surface area contributed by atoms with E-state index in [4.69, 9.17) is 14.0 Å². The molecule has 0 radical (unpaired) electrons. The normalized spacial score (nSPS) is 14.4. The minimum absolute atomic E-state index is 0.251. The number of esters is 1. The van der Waals surface area contributed by atoms with Crippen LogP contribution < -0.4 is 4.74 Å². The first-order chi connectivity index (χ1) is 6.83. The predicted octanol–water partition coefficient (Wildman–Crippen LogP) is 1.18. The molecule has 0 aromatic carbocycles. The van der Waals surface area contributed by atoms with Crippen molar-refractivity contribution in [3.05, 3.63) is 11.3 Å². The molecule has 0 fully saturated rings. The highest BCUT2D eigenvalue weighted by atomic mass is 16.6. The van der Waals surface area contributed by atoms with E-state index >= 15 is 0 Å². The second-order valence-corrected chi connectivity index (χ2v) is 2.97. The standard InChI is InChI=1S/C9H11NO4/c1-2-12-8(11)7-6-4-3-5-13-9(6)14-10-7/h2-5H2,1H3. The van der Waals surface area contributed by atoms with E-state index in [0.29, 0.717) is 19.2 Å². The summed E-state index contributed by atoms with van der Waals surface area (Å²) < 4.78 is 14.9. The molecule has 0 amide bonds. The molecule has 76 valence electrons. The van der Waals surface area contributed by atoms with Gasteiger partial charge in [-0.25, -0.2) is 4.79 Å². The van der Waals surface area contributed by atoms with E-state index in [9.17, 15) is 4.79 Å². The summed E-state index contributed by atoms with van der Waals surface area (Å²) >= 11 is 0. The first-order valence-corrected chi connectivity index (χ1v) is 4.61. The number of carbonyl (C=O) groups excluding carboxylic acids is 1. The van der Waals surface area contributed by atoms with Crippen molar-refractivity contribution in [3.8, 4) is 5.95 Å². The van der Waals surface area contributed by atoms with Crippen LogP contribution in [-0.2, 0) is 11.2 Å². The van der Waals surface area contributed by atoms with Gasteiger partial charge in [0.2, 0.25) is 0 Å². The van der Waals surface area contributed by atoms with Crippen LogP contribution in [0.4, 0.5) is 0 Å². The first kappa shape index (κ1) is 9.05. The Morgan fingerprint density at radius 3 is 3.29 bits per heavy atom. The number of rotatable bonds is 2. The Bertz CT molecular complexity index is 345. The molecule has 0 N–H and O–H groups in total. The van der Waals surface area contributed by atoms with Crippen LogP contribution in [0, 0.1) is 0 Å². The summed E-state index contributed by atoms with van der Waals surface area (Å²) in [5, 5.41) is 3.64. The minimum Gasteiger partial charge on any atom is -0.464 e. The van der Waals surface area contributed by atoms with Crippen molar-refractivity contribution < 1.29 is 18.8 Å². The molecule has 2 heterocycles. The smallest absolute Gasteiger partial charge is 0.360 e.